The summed E-state index contributed by atoms with van der Waals surface area (Å²) >= 11 is 0. The van der Waals surface area contributed by atoms with E-state index in [4.69, 9.17) is 5.73 Å². The quantitative estimate of drug-likeness (QED) is 0.693. The number of amides is 1. The maximum Gasteiger partial charge on any atom is 0.236 e. The highest BCUT2D eigenvalue weighted by Crippen LogP contribution is 2.15. The molecule has 2 heterocycles. The Morgan fingerprint density at radius 1 is 1.33 bits per heavy atom. The van der Waals surface area contributed by atoms with Crippen LogP contribution >= 0.6 is 0 Å². The van der Waals surface area contributed by atoms with Gasteiger partial charge in [-0.1, -0.05) is 6.92 Å². The number of hydrogen-bond acceptors (Lipinski definition) is 3. The predicted molar refractivity (Wildman–Crippen MR) is 59.4 cm³/mol. The van der Waals surface area contributed by atoms with Gasteiger partial charge < -0.3 is 10.6 Å². The lowest BCUT2D eigenvalue weighted by atomic mass is 10.1. The van der Waals surface area contributed by atoms with Crippen LogP contribution in [-0.2, 0) is 4.79 Å². The Labute approximate surface area is 91.4 Å². The molecule has 2 unspecified atom stereocenters. The van der Waals surface area contributed by atoms with Crippen molar-refractivity contribution >= 4 is 5.91 Å². The number of likely N-dealkylation sites (tertiary alicyclic amines) is 2. The van der Waals surface area contributed by atoms with Gasteiger partial charge in [-0.25, -0.2) is 0 Å². The Balaban J connectivity index is 1.79. The first-order chi connectivity index (χ1) is 7.16. The van der Waals surface area contributed by atoms with E-state index in [-0.39, 0.29) is 11.9 Å². The molecule has 2 aliphatic heterocycles. The Hall–Kier alpha value is -0.610. The molecule has 2 aliphatic rings. The van der Waals surface area contributed by atoms with Crippen molar-refractivity contribution in [3.8, 4) is 0 Å². The van der Waals surface area contributed by atoms with Gasteiger partial charge in [0.1, 0.15) is 0 Å². The Kier molecular flexibility index (Phi) is 3.26. The van der Waals surface area contributed by atoms with Crippen LogP contribution in [0.25, 0.3) is 0 Å². The average Bonchev–Trinajstić information content (AvgIpc) is 2.77. The van der Waals surface area contributed by atoms with Gasteiger partial charge in [0.05, 0.1) is 6.54 Å². The monoisotopic (exact) mass is 211 g/mol. The highest BCUT2D eigenvalue weighted by atomic mass is 16.2. The van der Waals surface area contributed by atoms with Crippen LogP contribution in [0.15, 0.2) is 0 Å². The Morgan fingerprint density at radius 3 is 2.53 bits per heavy atom. The second-order valence-corrected chi connectivity index (χ2v) is 4.92. The SMILES string of the molecule is CC1CN(CC(=O)N2CCCC2)CC1N. The molecule has 4 nitrogen and oxygen atoms in total. The van der Waals surface area contributed by atoms with Crippen molar-refractivity contribution in [2.24, 2.45) is 11.7 Å². The zero-order valence-electron chi connectivity index (χ0n) is 9.48. The molecule has 4 heteroatoms. The van der Waals surface area contributed by atoms with Crippen LogP contribution in [0.5, 0.6) is 0 Å². The first-order valence-corrected chi connectivity index (χ1v) is 5.92. The van der Waals surface area contributed by atoms with Crippen LogP contribution in [0, 0.1) is 5.92 Å². The maximum absolute atomic E-state index is 11.9. The summed E-state index contributed by atoms with van der Waals surface area (Å²) in [5.41, 5.74) is 5.93. The summed E-state index contributed by atoms with van der Waals surface area (Å²) in [6.45, 7) is 6.48. The third-order valence-corrected chi connectivity index (χ3v) is 3.56. The highest BCUT2D eigenvalue weighted by molar-refractivity contribution is 5.78. The van der Waals surface area contributed by atoms with E-state index in [2.05, 4.69) is 11.8 Å². The van der Waals surface area contributed by atoms with Gasteiger partial charge in [0.15, 0.2) is 0 Å². The number of rotatable bonds is 2. The van der Waals surface area contributed by atoms with Crippen LogP contribution in [0.3, 0.4) is 0 Å². The molecule has 15 heavy (non-hydrogen) atoms. The molecule has 0 aromatic heterocycles. The lowest BCUT2D eigenvalue weighted by Crippen LogP contribution is -2.38. The number of nitrogens with two attached hydrogens (primary N) is 1. The van der Waals surface area contributed by atoms with Crippen molar-refractivity contribution in [3.05, 3.63) is 0 Å². The van der Waals surface area contributed by atoms with E-state index in [1.165, 1.54) is 12.8 Å². The van der Waals surface area contributed by atoms with Gasteiger partial charge in [-0.3, -0.25) is 9.69 Å². The summed E-state index contributed by atoms with van der Waals surface area (Å²) in [5.74, 6) is 0.810. The molecule has 2 atom stereocenters. The van der Waals surface area contributed by atoms with Gasteiger partial charge >= 0.3 is 0 Å². The van der Waals surface area contributed by atoms with Crippen molar-refractivity contribution in [2.75, 3.05) is 32.7 Å². The minimum Gasteiger partial charge on any atom is -0.342 e. The van der Waals surface area contributed by atoms with Crippen LogP contribution in [0.4, 0.5) is 0 Å². The topological polar surface area (TPSA) is 49.6 Å². The van der Waals surface area contributed by atoms with E-state index in [0.29, 0.717) is 12.5 Å². The molecular formula is C11H21N3O. The fourth-order valence-corrected chi connectivity index (χ4v) is 2.48. The first kappa shape index (κ1) is 10.9. The van der Waals surface area contributed by atoms with E-state index < -0.39 is 0 Å². The van der Waals surface area contributed by atoms with Gasteiger partial charge in [-0.05, 0) is 18.8 Å². The van der Waals surface area contributed by atoms with Crippen LogP contribution in [0.1, 0.15) is 19.8 Å². The number of nitrogens with zero attached hydrogens (tertiary/aromatic N) is 2. The Bertz CT molecular complexity index is 228. The maximum atomic E-state index is 11.9. The molecule has 1 amide bonds. The Morgan fingerprint density at radius 2 is 2.00 bits per heavy atom. The molecule has 0 aromatic carbocycles. The number of carbonyl (C=O) groups is 1. The van der Waals surface area contributed by atoms with Gasteiger partial charge in [-0.2, -0.15) is 0 Å². The second-order valence-electron chi connectivity index (χ2n) is 4.92. The molecule has 2 saturated heterocycles. The van der Waals surface area contributed by atoms with E-state index in [1.807, 2.05) is 4.90 Å². The van der Waals surface area contributed by atoms with E-state index >= 15 is 0 Å². The van der Waals surface area contributed by atoms with Crippen molar-refractivity contribution in [3.63, 3.8) is 0 Å². The summed E-state index contributed by atoms with van der Waals surface area (Å²) in [4.78, 5) is 16.0. The number of carbonyl (C=O) groups excluding carboxylic acids is 1. The smallest absolute Gasteiger partial charge is 0.236 e. The predicted octanol–water partition coefficient (Wildman–Crippen LogP) is -0.112. The fourth-order valence-electron chi connectivity index (χ4n) is 2.48. The molecule has 2 N–H and O–H groups in total. The van der Waals surface area contributed by atoms with Gasteiger partial charge in [-0.15, -0.1) is 0 Å². The highest BCUT2D eigenvalue weighted by Gasteiger charge is 2.29. The minimum atomic E-state index is 0.247. The van der Waals surface area contributed by atoms with Crippen molar-refractivity contribution < 1.29 is 4.79 Å². The summed E-state index contributed by atoms with van der Waals surface area (Å²) < 4.78 is 0. The molecule has 0 saturated carbocycles. The summed E-state index contributed by atoms with van der Waals surface area (Å²) in [7, 11) is 0. The summed E-state index contributed by atoms with van der Waals surface area (Å²) in [6.07, 6.45) is 2.34. The molecule has 2 rings (SSSR count). The van der Waals surface area contributed by atoms with Gasteiger partial charge in [0.2, 0.25) is 5.91 Å². The number of hydrogen-bond donors (Lipinski definition) is 1. The zero-order chi connectivity index (χ0) is 10.8. The normalized spacial score (nSPS) is 32.5. The van der Waals surface area contributed by atoms with Crippen molar-refractivity contribution in [1.29, 1.82) is 0 Å². The van der Waals surface area contributed by atoms with E-state index in [9.17, 15) is 4.79 Å². The molecule has 2 fully saturated rings. The third-order valence-electron chi connectivity index (χ3n) is 3.56. The first-order valence-electron chi connectivity index (χ1n) is 5.92. The zero-order valence-corrected chi connectivity index (χ0v) is 9.48. The van der Waals surface area contributed by atoms with Crippen molar-refractivity contribution in [2.45, 2.75) is 25.8 Å². The second kappa shape index (κ2) is 4.49. The van der Waals surface area contributed by atoms with Gasteiger partial charge in [0, 0.05) is 32.2 Å². The summed E-state index contributed by atoms with van der Waals surface area (Å²) in [5, 5.41) is 0. The minimum absolute atomic E-state index is 0.247. The standard InChI is InChI=1S/C11H21N3O/c1-9-6-13(7-10(9)12)8-11(15)14-4-2-3-5-14/h9-10H,2-8,12H2,1H3. The molecule has 0 aromatic rings. The fraction of sp³-hybridized carbons (Fsp3) is 0.909. The van der Waals surface area contributed by atoms with Crippen LogP contribution in [0.2, 0.25) is 0 Å². The van der Waals surface area contributed by atoms with Crippen molar-refractivity contribution in [1.82, 2.24) is 9.80 Å². The largest absolute Gasteiger partial charge is 0.342 e. The van der Waals surface area contributed by atoms with Crippen LogP contribution < -0.4 is 5.73 Å². The van der Waals surface area contributed by atoms with Crippen LogP contribution in [-0.4, -0.2) is 54.5 Å². The molecule has 0 aliphatic carbocycles. The molecule has 0 radical (unpaired) electrons. The average molecular weight is 211 g/mol. The lowest BCUT2D eigenvalue weighted by molar-refractivity contribution is -0.131. The van der Waals surface area contributed by atoms with E-state index in [1.54, 1.807) is 0 Å². The molecule has 0 bridgehead atoms. The lowest BCUT2D eigenvalue weighted by Gasteiger charge is -2.20. The molecule has 0 spiro atoms. The van der Waals surface area contributed by atoms with Gasteiger partial charge in [0.25, 0.3) is 0 Å². The molecule has 86 valence electrons. The summed E-state index contributed by atoms with van der Waals surface area (Å²) in [6, 6.07) is 0.247. The van der Waals surface area contributed by atoms with E-state index in [0.717, 1.165) is 26.2 Å². The third kappa shape index (κ3) is 2.49. The molecular weight excluding hydrogens is 190 g/mol.